The maximum Gasteiger partial charge on any atom is 0.274 e. The van der Waals surface area contributed by atoms with Gasteiger partial charge in [-0.1, -0.05) is 17.7 Å². The van der Waals surface area contributed by atoms with Crippen LogP contribution in [0.5, 0.6) is 0 Å². The Hall–Kier alpha value is -2.34. The minimum Gasteiger partial charge on any atom is -0.368 e. The van der Waals surface area contributed by atoms with Gasteiger partial charge >= 0.3 is 0 Å². The second kappa shape index (κ2) is 8.36. The highest BCUT2D eigenvalue weighted by atomic mass is 35.5. The molecule has 1 aromatic carbocycles. The molecule has 2 heterocycles. The number of hydrogen-bond acceptors (Lipinski definition) is 5. The zero-order chi connectivity index (χ0) is 18.5. The summed E-state index contributed by atoms with van der Waals surface area (Å²) in [6.45, 7) is 8.74. The maximum absolute atomic E-state index is 12.7. The molecule has 0 spiro atoms. The van der Waals surface area contributed by atoms with Gasteiger partial charge in [-0.25, -0.2) is 9.97 Å². The number of carbonyl (C=O) groups is 1. The quantitative estimate of drug-likeness (QED) is 0.806. The fourth-order valence-corrected chi connectivity index (χ4v) is 3.33. The molecule has 0 radical (unpaired) electrons. The highest BCUT2D eigenvalue weighted by Crippen LogP contribution is 2.21. The minimum atomic E-state index is -0.0608. The molecular formula is C19H24ClN5O. The second-order valence-corrected chi connectivity index (χ2v) is 6.63. The number of benzene rings is 1. The predicted molar refractivity (Wildman–Crippen MR) is 105 cm³/mol. The van der Waals surface area contributed by atoms with E-state index in [1.54, 1.807) is 12.4 Å². The van der Waals surface area contributed by atoms with Gasteiger partial charge in [0.1, 0.15) is 11.5 Å². The fraction of sp³-hybridized carbons (Fsp3) is 0.421. The predicted octanol–water partition coefficient (Wildman–Crippen LogP) is 2.94. The van der Waals surface area contributed by atoms with Crippen molar-refractivity contribution in [2.45, 2.75) is 13.8 Å². The third-order valence-corrected chi connectivity index (χ3v) is 4.92. The summed E-state index contributed by atoms with van der Waals surface area (Å²) in [6.07, 6.45) is 3.27. The molecule has 6 nitrogen and oxygen atoms in total. The molecule has 1 aromatic heterocycles. The summed E-state index contributed by atoms with van der Waals surface area (Å²) in [5, 5.41) is 0.726. The lowest BCUT2D eigenvalue weighted by Crippen LogP contribution is -2.49. The summed E-state index contributed by atoms with van der Waals surface area (Å²) in [5.74, 6) is 0.742. The van der Waals surface area contributed by atoms with Crippen LogP contribution in [0.3, 0.4) is 0 Å². The van der Waals surface area contributed by atoms with E-state index in [9.17, 15) is 4.79 Å². The standard InChI is InChI=1S/C19H24ClN5O/c1-3-23(4-2)18-14-21-17(13-22-18)19(26)25-10-8-24(9-11-25)16-7-5-6-15(20)12-16/h5-7,12-14H,3-4,8-11H2,1-2H3. The third-order valence-electron chi connectivity index (χ3n) is 4.68. The lowest BCUT2D eigenvalue weighted by atomic mass is 10.2. The molecule has 1 saturated heterocycles. The number of piperazine rings is 1. The van der Waals surface area contributed by atoms with Crippen LogP contribution in [-0.4, -0.2) is 60.0 Å². The van der Waals surface area contributed by atoms with E-state index in [1.807, 2.05) is 29.2 Å². The number of hydrogen-bond donors (Lipinski definition) is 0. The molecule has 0 N–H and O–H groups in total. The molecular weight excluding hydrogens is 350 g/mol. The molecule has 3 rings (SSSR count). The SMILES string of the molecule is CCN(CC)c1cnc(C(=O)N2CCN(c3cccc(Cl)c3)CC2)cn1. The van der Waals surface area contributed by atoms with Crippen molar-refractivity contribution >= 4 is 29.0 Å². The number of nitrogens with zero attached hydrogens (tertiary/aromatic N) is 5. The number of rotatable bonds is 5. The van der Waals surface area contributed by atoms with Gasteiger partial charge in [0.05, 0.1) is 12.4 Å². The first-order chi connectivity index (χ1) is 12.6. The van der Waals surface area contributed by atoms with Crippen LogP contribution in [0.4, 0.5) is 11.5 Å². The summed E-state index contributed by atoms with van der Waals surface area (Å²) >= 11 is 6.07. The molecule has 138 valence electrons. The number of amides is 1. The zero-order valence-electron chi connectivity index (χ0n) is 15.2. The molecule has 1 aliphatic rings. The van der Waals surface area contributed by atoms with Crippen LogP contribution in [0.2, 0.25) is 5.02 Å². The van der Waals surface area contributed by atoms with Crippen LogP contribution >= 0.6 is 11.6 Å². The van der Waals surface area contributed by atoms with E-state index in [4.69, 9.17) is 11.6 Å². The summed E-state index contributed by atoms with van der Waals surface area (Å²) in [5.41, 5.74) is 1.49. The third kappa shape index (κ3) is 4.07. The van der Waals surface area contributed by atoms with Crippen molar-refractivity contribution in [3.63, 3.8) is 0 Å². The Labute approximate surface area is 159 Å². The molecule has 1 amide bonds. The monoisotopic (exact) mass is 373 g/mol. The van der Waals surface area contributed by atoms with E-state index >= 15 is 0 Å². The minimum absolute atomic E-state index is 0.0608. The summed E-state index contributed by atoms with van der Waals surface area (Å²) in [7, 11) is 0. The largest absolute Gasteiger partial charge is 0.368 e. The van der Waals surface area contributed by atoms with Crippen LogP contribution in [0.25, 0.3) is 0 Å². The van der Waals surface area contributed by atoms with Crippen LogP contribution in [0.1, 0.15) is 24.3 Å². The van der Waals surface area contributed by atoms with E-state index < -0.39 is 0 Å². The highest BCUT2D eigenvalue weighted by Gasteiger charge is 2.23. The molecule has 26 heavy (non-hydrogen) atoms. The molecule has 0 bridgehead atoms. The van der Waals surface area contributed by atoms with Crippen molar-refractivity contribution in [2.24, 2.45) is 0 Å². The van der Waals surface area contributed by atoms with Crippen molar-refractivity contribution in [2.75, 3.05) is 49.1 Å². The lowest BCUT2D eigenvalue weighted by Gasteiger charge is -2.36. The van der Waals surface area contributed by atoms with E-state index in [1.165, 1.54) is 0 Å². The van der Waals surface area contributed by atoms with Gasteiger partial charge in [-0.05, 0) is 32.0 Å². The summed E-state index contributed by atoms with van der Waals surface area (Å²) in [6, 6.07) is 7.81. The van der Waals surface area contributed by atoms with E-state index in [0.29, 0.717) is 18.8 Å². The Bertz CT molecular complexity index is 740. The van der Waals surface area contributed by atoms with Gasteiger partial charge in [0.15, 0.2) is 0 Å². The fourth-order valence-electron chi connectivity index (χ4n) is 3.15. The first kappa shape index (κ1) is 18.5. The highest BCUT2D eigenvalue weighted by molar-refractivity contribution is 6.30. The van der Waals surface area contributed by atoms with Gasteiger partial charge in [-0.2, -0.15) is 0 Å². The molecule has 7 heteroatoms. The number of aromatic nitrogens is 2. The first-order valence-electron chi connectivity index (χ1n) is 8.99. The van der Waals surface area contributed by atoms with Gasteiger partial charge in [-0.3, -0.25) is 4.79 Å². The van der Waals surface area contributed by atoms with E-state index in [0.717, 1.165) is 42.7 Å². The van der Waals surface area contributed by atoms with Gasteiger partial charge in [0, 0.05) is 50.0 Å². The first-order valence-corrected chi connectivity index (χ1v) is 9.37. The average molecular weight is 374 g/mol. The Morgan fingerprint density at radius 2 is 1.85 bits per heavy atom. The smallest absolute Gasteiger partial charge is 0.274 e. The molecule has 0 aliphatic carbocycles. The Morgan fingerprint density at radius 3 is 2.42 bits per heavy atom. The summed E-state index contributed by atoms with van der Waals surface area (Å²) in [4.78, 5) is 27.6. The Morgan fingerprint density at radius 1 is 1.12 bits per heavy atom. The van der Waals surface area contributed by atoms with Crippen LogP contribution in [-0.2, 0) is 0 Å². The second-order valence-electron chi connectivity index (χ2n) is 6.19. The van der Waals surface area contributed by atoms with Crippen LogP contribution < -0.4 is 9.80 Å². The Kier molecular flexibility index (Phi) is 5.93. The van der Waals surface area contributed by atoms with Gasteiger partial charge in [0.25, 0.3) is 5.91 Å². The van der Waals surface area contributed by atoms with Crippen molar-refractivity contribution in [1.82, 2.24) is 14.9 Å². The van der Waals surface area contributed by atoms with E-state index in [-0.39, 0.29) is 5.91 Å². The number of halogens is 1. The number of anilines is 2. The normalized spacial score (nSPS) is 14.4. The molecule has 0 saturated carbocycles. The van der Waals surface area contributed by atoms with Crippen molar-refractivity contribution < 1.29 is 4.79 Å². The number of carbonyl (C=O) groups excluding carboxylic acids is 1. The van der Waals surface area contributed by atoms with Crippen molar-refractivity contribution in [3.05, 3.63) is 47.4 Å². The Balaban J connectivity index is 1.61. The lowest BCUT2D eigenvalue weighted by molar-refractivity contribution is 0.0740. The zero-order valence-corrected chi connectivity index (χ0v) is 16.0. The van der Waals surface area contributed by atoms with Gasteiger partial charge in [-0.15, -0.1) is 0 Å². The molecule has 1 fully saturated rings. The topological polar surface area (TPSA) is 52.6 Å². The average Bonchev–Trinajstić information content (AvgIpc) is 2.69. The van der Waals surface area contributed by atoms with Crippen molar-refractivity contribution in [1.29, 1.82) is 0 Å². The van der Waals surface area contributed by atoms with Gasteiger partial charge < -0.3 is 14.7 Å². The van der Waals surface area contributed by atoms with E-state index in [2.05, 4.69) is 33.6 Å². The summed E-state index contributed by atoms with van der Waals surface area (Å²) < 4.78 is 0. The van der Waals surface area contributed by atoms with Crippen LogP contribution in [0, 0.1) is 0 Å². The van der Waals surface area contributed by atoms with Gasteiger partial charge in [0.2, 0.25) is 0 Å². The molecule has 2 aromatic rings. The molecule has 1 aliphatic heterocycles. The van der Waals surface area contributed by atoms with Crippen LogP contribution in [0.15, 0.2) is 36.7 Å². The maximum atomic E-state index is 12.7. The van der Waals surface area contributed by atoms with Crippen molar-refractivity contribution in [3.8, 4) is 0 Å². The molecule has 0 unspecified atom stereocenters. The molecule has 0 atom stereocenters.